The van der Waals surface area contributed by atoms with Gasteiger partial charge < -0.3 is 10.0 Å². The lowest BCUT2D eigenvalue weighted by Gasteiger charge is -2.20. The van der Waals surface area contributed by atoms with Crippen molar-refractivity contribution in [3.05, 3.63) is 23.8 Å². The van der Waals surface area contributed by atoms with Crippen LogP contribution in [-0.2, 0) is 26.0 Å². The van der Waals surface area contributed by atoms with Crippen LogP contribution in [0.3, 0.4) is 0 Å². The fourth-order valence-electron chi connectivity index (χ4n) is 2.86. The lowest BCUT2D eigenvalue weighted by atomic mass is 10.2. The maximum Gasteiger partial charge on any atom is 0.303 e. The van der Waals surface area contributed by atoms with Crippen LogP contribution in [0.5, 0.6) is 0 Å². The molecule has 0 unspecified atom stereocenters. The van der Waals surface area contributed by atoms with E-state index in [0.29, 0.717) is 31.7 Å². The smallest absolute Gasteiger partial charge is 0.303 e. The number of aliphatic carboxylic acids is 1. The van der Waals surface area contributed by atoms with Crippen molar-refractivity contribution in [2.75, 3.05) is 24.5 Å². The summed E-state index contributed by atoms with van der Waals surface area (Å²) in [4.78, 5) is 24.5. The molecule has 0 aliphatic carbocycles. The number of carboxylic acids is 1. The Morgan fingerprint density at radius 2 is 1.88 bits per heavy atom. The van der Waals surface area contributed by atoms with Gasteiger partial charge in [0, 0.05) is 31.7 Å². The first-order chi connectivity index (χ1) is 11.3. The molecule has 7 nitrogen and oxygen atoms in total. The molecule has 8 heteroatoms. The standard InChI is InChI=1S/C16H22N2O5S/c1-3-17(4-2)24(22,23)13-5-6-14-12(11-13)9-10-18(14)15(19)7-8-16(20)21/h5-6,11H,3-4,7-10H2,1-2H3,(H,20,21). The van der Waals surface area contributed by atoms with Gasteiger partial charge in [0.2, 0.25) is 15.9 Å². The molecule has 0 atom stereocenters. The highest BCUT2D eigenvalue weighted by atomic mass is 32.2. The van der Waals surface area contributed by atoms with Crippen molar-refractivity contribution < 1.29 is 23.1 Å². The van der Waals surface area contributed by atoms with Crippen LogP contribution in [-0.4, -0.2) is 49.3 Å². The second-order valence-electron chi connectivity index (χ2n) is 5.57. The minimum Gasteiger partial charge on any atom is -0.481 e. The molecular formula is C16H22N2O5S. The highest BCUT2D eigenvalue weighted by Gasteiger charge is 2.28. The Balaban J connectivity index is 2.25. The zero-order valence-electron chi connectivity index (χ0n) is 13.9. The number of hydrogen-bond donors (Lipinski definition) is 1. The number of nitrogens with zero attached hydrogens (tertiary/aromatic N) is 2. The molecule has 0 fully saturated rings. The molecule has 132 valence electrons. The van der Waals surface area contributed by atoms with Gasteiger partial charge in [-0.25, -0.2) is 8.42 Å². The van der Waals surface area contributed by atoms with Crippen LogP contribution in [0.2, 0.25) is 0 Å². The molecule has 1 amide bonds. The van der Waals surface area contributed by atoms with Crippen LogP contribution < -0.4 is 4.90 Å². The van der Waals surface area contributed by atoms with Crippen molar-refractivity contribution in [3.8, 4) is 0 Å². The van der Waals surface area contributed by atoms with Gasteiger partial charge in [0.1, 0.15) is 0 Å². The molecule has 1 aliphatic rings. The van der Waals surface area contributed by atoms with E-state index < -0.39 is 16.0 Å². The van der Waals surface area contributed by atoms with Crippen LogP contribution in [0.4, 0.5) is 5.69 Å². The second kappa shape index (κ2) is 7.31. The van der Waals surface area contributed by atoms with Crippen molar-refractivity contribution >= 4 is 27.6 Å². The molecule has 24 heavy (non-hydrogen) atoms. The van der Waals surface area contributed by atoms with Crippen LogP contribution in [0.25, 0.3) is 0 Å². The van der Waals surface area contributed by atoms with Gasteiger partial charge in [-0.2, -0.15) is 4.31 Å². The number of rotatable bonds is 7. The molecule has 0 saturated carbocycles. The summed E-state index contributed by atoms with van der Waals surface area (Å²) in [5.74, 6) is -1.26. The summed E-state index contributed by atoms with van der Waals surface area (Å²) in [5, 5.41) is 8.68. The summed E-state index contributed by atoms with van der Waals surface area (Å²) in [6.45, 7) is 4.82. The SMILES string of the molecule is CCN(CC)S(=O)(=O)c1ccc2c(c1)CCN2C(=O)CCC(=O)O. The summed E-state index contributed by atoms with van der Waals surface area (Å²) >= 11 is 0. The molecule has 1 aromatic rings. The first kappa shape index (κ1) is 18.4. The molecule has 1 aliphatic heterocycles. The van der Waals surface area contributed by atoms with E-state index in [4.69, 9.17) is 5.11 Å². The van der Waals surface area contributed by atoms with Crippen LogP contribution >= 0.6 is 0 Å². The van der Waals surface area contributed by atoms with E-state index in [1.165, 1.54) is 15.3 Å². The van der Waals surface area contributed by atoms with Crippen molar-refractivity contribution in [3.63, 3.8) is 0 Å². The van der Waals surface area contributed by atoms with Crippen molar-refractivity contribution in [2.45, 2.75) is 38.0 Å². The predicted molar refractivity (Wildman–Crippen MR) is 89.5 cm³/mol. The summed E-state index contributed by atoms with van der Waals surface area (Å²) < 4.78 is 26.5. The third kappa shape index (κ3) is 3.59. The minimum atomic E-state index is -3.53. The zero-order chi connectivity index (χ0) is 17.9. The van der Waals surface area contributed by atoms with Gasteiger partial charge in [-0.15, -0.1) is 0 Å². The van der Waals surface area contributed by atoms with Gasteiger partial charge in [-0.05, 0) is 30.2 Å². The number of fused-ring (bicyclic) bond motifs is 1. The summed E-state index contributed by atoms with van der Waals surface area (Å²) in [6.07, 6.45) is 0.295. The van der Waals surface area contributed by atoms with E-state index in [2.05, 4.69) is 0 Å². The third-order valence-electron chi connectivity index (χ3n) is 4.14. The minimum absolute atomic E-state index is 0.0612. The molecule has 0 saturated heterocycles. The van der Waals surface area contributed by atoms with Crippen molar-refractivity contribution in [1.29, 1.82) is 0 Å². The van der Waals surface area contributed by atoms with E-state index in [9.17, 15) is 18.0 Å². The highest BCUT2D eigenvalue weighted by molar-refractivity contribution is 7.89. The van der Waals surface area contributed by atoms with Crippen molar-refractivity contribution in [1.82, 2.24) is 4.31 Å². The first-order valence-corrected chi connectivity index (χ1v) is 9.40. The molecule has 1 aromatic carbocycles. The Bertz CT molecular complexity index is 741. The number of carbonyl (C=O) groups is 2. The largest absolute Gasteiger partial charge is 0.481 e. The van der Waals surface area contributed by atoms with Gasteiger partial charge in [-0.1, -0.05) is 13.8 Å². The number of sulfonamides is 1. The topological polar surface area (TPSA) is 95.0 Å². The van der Waals surface area contributed by atoms with E-state index in [-0.39, 0.29) is 23.6 Å². The average Bonchev–Trinajstić information content (AvgIpc) is 2.96. The summed E-state index contributed by atoms with van der Waals surface area (Å²) in [5.41, 5.74) is 1.47. The van der Waals surface area contributed by atoms with E-state index in [0.717, 1.165) is 5.56 Å². The number of anilines is 1. The fraction of sp³-hybridized carbons (Fsp3) is 0.500. The summed E-state index contributed by atoms with van der Waals surface area (Å²) in [7, 11) is -3.53. The van der Waals surface area contributed by atoms with Crippen LogP contribution in [0.1, 0.15) is 32.3 Å². The summed E-state index contributed by atoms with van der Waals surface area (Å²) in [6, 6.07) is 4.76. The van der Waals surface area contributed by atoms with Gasteiger partial charge in [0.15, 0.2) is 0 Å². The first-order valence-electron chi connectivity index (χ1n) is 7.96. The van der Waals surface area contributed by atoms with E-state index >= 15 is 0 Å². The zero-order valence-corrected chi connectivity index (χ0v) is 14.7. The number of carbonyl (C=O) groups excluding carboxylic acids is 1. The Kier molecular flexibility index (Phi) is 5.61. The number of amides is 1. The van der Waals surface area contributed by atoms with Crippen LogP contribution in [0, 0.1) is 0 Å². The Hall–Kier alpha value is -1.93. The second-order valence-corrected chi connectivity index (χ2v) is 7.51. The Morgan fingerprint density at radius 3 is 2.46 bits per heavy atom. The number of benzene rings is 1. The molecule has 0 radical (unpaired) electrons. The molecule has 0 aromatic heterocycles. The third-order valence-corrected chi connectivity index (χ3v) is 6.19. The normalized spacial score (nSPS) is 14.0. The van der Waals surface area contributed by atoms with E-state index in [1.807, 2.05) is 0 Å². The van der Waals surface area contributed by atoms with Gasteiger partial charge in [0.05, 0.1) is 11.3 Å². The monoisotopic (exact) mass is 354 g/mol. The highest BCUT2D eigenvalue weighted by Crippen LogP contribution is 2.31. The van der Waals surface area contributed by atoms with E-state index in [1.54, 1.807) is 26.0 Å². The lowest BCUT2D eigenvalue weighted by molar-refractivity contribution is -0.138. The molecule has 0 bridgehead atoms. The Morgan fingerprint density at radius 1 is 1.21 bits per heavy atom. The molecule has 1 N–H and O–H groups in total. The average molecular weight is 354 g/mol. The molecule has 0 spiro atoms. The molecular weight excluding hydrogens is 332 g/mol. The van der Waals surface area contributed by atoms with Gasteiger partial charge in [0.25, 0.3) is 0 Å². The molecule has 1 heterocycles. The van der Waals surface area contributed by atoms with Crippen molar-refractivity contribution in [2.24, 2.45) is 0 Å². The fourth-order valence-corrected chi connectivity index (χ4v) is 4.37. The quantitative estimate of drug-likeness (QED) is 0.800. The number of hydrogen-bond acceptors (Lipinski definition) is 4. The van der Waals surface area contributed by atoms with Crippen LogP contribution in [0.15, 0.2) is 23.1 Å². The number of carboxylic acid groups (broad SMARTS) is 1. The van der Waals surface area contributed by atoms with Gasteiger partial charge >= 0.3 is 5.97 Å². The maximum absolute atomic E-state index is 12.6. The molecule has 2 rings (SSSR count). The van der Waals surface area contributed by atoms with Gasteiger partial charge in [-0.3, -0.25) is 9.59 Å². The maximum atomic E-state index is 12.6. The lowest BCUT2D eigenvalue weighted by Crippen LogP contribution is -2.31. The predicted octanol–water partition coefficient (Wildman–Crippen LogP) is 1.47. The Labute approximate surface area is 141 Å².